The van der Waals surface area contributed by atoms with E-state index < -0.39 is 6.10 Å². The highest BCUT2D eigenvalue weighted by Crippen LogP contribution is 2.28. The van der Waals surface area contributed by atoms with Gasteiger partial charge in [0, 0.05) is 23.7 Å². The van der Waals surface area contributed by atoms with Crippen molar-refractivity contribution in [2.24, 2.45) is 0 Å². The summed E-state index contributed by atoms with van der Waals surface area (Å²) in [6.45, 7) is 3.26. The summed E-state index contributed by atoms with van der Waals surface area (Å²) in [4.78, 5) is 13.7. The predicted molar refractivity (Wildman–Crippen MR) is 73.4 cm³/mol. The summed E-state index contributed by atoms with van der Waals surface area (Å²) in [7, 11) is 0. The highest BCUT2D eigenvalue weighted by molar-refractivity contribution is 6.30. The van der Waals surface area contributed by atoms with Gasteiger partial charge in [0.1, 0.15) is 5.75 Å². The van der Waals surface area contributed by atoms with Crippen LogP contribution in [0, 0.1) is 0 Å². The van der Waals surface area contributed by atoms with Crippen LogP contribution in [0.3, 0.4) is 0 Å². The Labute approximate surface area is 117 Å². The number of nitrogens with zero attached hydrogens (tertiary/aromatic N) is 1. The van der Waals surface area contributed by atoms with Gasteiger partial charge in [-0.1, -0.05) is 11.6 Å². The molecule has 2 rings (SSSR count). The van der Waals surface area contributed by atoms with E-state index in [1.807, 2.05) is 0 Å². The van der Waals surface area contributed by atoms with Crippen molar-refractivity contribution in [3.8, 4) is 5.75 Å². The Balaban J connectivity index is 2.00. The molecule has 4 nitrogen and oxygen atoms in total. The van der Waals surface area contributed by atoms with E-state index in [0.717, 1.165) is 25.9 Å². The minimum absolute atomic E-state index is 0.00134. The number of halogens is 1. The van der Waals surface area contributed by atoms with Gasteiger partial charge in [0.25, 0.3) is 5.91 Å². The molecule has 1 aliphatic heterocycles. The molecule has 0 bridgehead atoms. The standard InChI is InChI=1S/C14H18ClNO3/c1-10(17)12-8-11(15)4-5-13(12)19-9-14(18)16-6-2-3-7-16/h4-5,8,10,17H,2-3,6-7,9H2,1H3/t10-/m1/s1. The lowest BCUT2D eigenvalue weighted by Crippen LogP contribution is -2.32. The lowest BCUT2D eigenvalue weighted by molar-refractivity contribution is -0.132. The molecule has 0 aliphatic carbocycles. The van der Waals surface area contributed by atoms with Crippen LogP contribution >= 0.6 is 11.6 Å². The summed E-state index contributed by atoms with van der Waals surface area (Å²) in [5, 5.41) is 10.2. The molecular weight excluding hydrogens is 266 g/mol. The second-order valence-electron chi connectivity index (χ2n) is 4.73. The Bertz CT molecular complexity index is 456. The van der Waals surface area contributed by atoms with Crippen LogP contribution in [0.15, 0.2) is 18.2 Å². The third-order valence-corrected chi connectivity index (χ3v) is 3.47. The molecule has 1 fully saturated rings. The summed E-state index contributed by atoms with van der Waals surface area (Å²) >= 11 is 5.89. The first-order valence-corrected chi connectivity index (χ1v) is 6.84. The fourth-order valence-corrected chi connectivity index (χ4v) is 2.36. The largest absolute Gasteiger partial charge is 0.483 e. The van der Waals surface area contributed by atoms with E-state index in [9.17, 15) is 9.90 Å². The van der Waals surface area contributed by atoms with Crippen molar-refractivity contribution < 1.29 is 14.6 Å². The summed E-state index contributed by atoms with van der Waals surface area (Å²) in [5.74, 6) is 0.496. The van der Waals surface area contributed by atoms with E-state index in [2.05, 4.69) is 0 Å². The lowest BCUT2D eigenvalue weighted by Gasteiger charge is -2.17. The first kappa shape index (κ1) is 14.2. The quantitative estimate of drug-likeness (QED) is 0.923. The van der Waals surface area contributed by atoms with E-state index in [1.54, 1.807) is 30.0 Å². The van der Waals surface area contributed by atoms with Crippen LogP contribution in [0.25, 0.3) is 0 Å². The SMILES string of the molecule is C[C@@H](O)c1cc(Cl)ccc1OCC(=O)N1CCCC1. The molecule has 1 heterocycles. The summed E-state index contributed by atoms with van der Waals surface area (Å²) < 4.78 is 5.52. The molecule has 1 amide bonds. The number of hydrogen-bond acceptors (Lipinski definition) is 3. The smallest absolute Gasteiger partial charge is 0.260 e. The van der Waals surface area contributed by atoms with Crippen molar-refractivity contribution in [3.63, 3.8) is 0 Å². The van der Waals surface area contributed by atoms with Crippen molar-refractivity contribution in [1.29, 1.82) is 0 Å². The second-order valence-corrected chi connectivity index (χ2v) is 5.17. The normalized spacial score (nSPS) is 16.5. The molecule has 1 saturated heterocycles. The number of aliphatic hydroxyl groups excluding tert-OH is 1. The number of benzene rings is 1. The Hall–Kier alpha value is -1.26. The first-order valence-electron chi connectivity index (χ1n) is 6.46. The van der Waals surface area contributed by atoms with Crippen molar-refractivity contribution in [3.05, 3.63) is 28.8 Å². The molecule has 1 aromatic carbocycles. The molecule has 0 saturated carbocycles. The number of hydrogen-bond donors (Lipinski definition) is 1. The van der Waals surface area contributed by atoms with Crippen LogP contribution in [-0.4, -0.2) is 35.6 Å². The van der Waals surface area contributed by atoms with Crippen LogP contribution < -0.4 is 4.74 Å². The highest BCUT2D eigenvalue weighted by atomic mass is 35.5. The molecule has 104 valence electrons. The highest BCUT2D eigenvalue weighted by Gasteiger charge is 2.19. The second kappa shape index (κ2) is 6.26. The molecule has 1 atom stereocenters. The van der Waals surface area contributed by atoms with Gasteiger partial charge < -0.3 is 14.7 Å². The molecule has 1 N–H and O–H groups in total. The van der Waals surface area contributed by atoms with Crippen LogP contribution in [0.1, 0.15) is 31.4 Å². The van der Waals surface area contributed by atoms with Crippen molar-refractivity contribution in [1.82, 2.24) is 4.90 Å². The van der Waals surface area contributed by atoms with Gasteiger partial charge in [-0.05, 0) is 38.0 Å². The fourth-order valence-electron chi connectivity index (χ4n) is 2.17. The van der Waals surface area contributed by atoms with Crippen molar-refractivity contribution in [2.45, 2.75) is 25.9 Å². The van der Waals surface area contributed by atoms with Crippen LogP contribution in [0.4, 0.5) is 0 Å². The van der Waals surface area contributed by atoms with Crippen LogP contribution in [-0.2, 0) is 4.79 Å². The van der Waals surface area contributed by atoms with Crippen LogP contribution in [0.5, 0.6) is 5.75 Å². The molecule has 0 unspecified atom stereocenters. The maximum Gasteiger partial charge on any atom is 0.260 e. The third-order valence-electron chi connectivity index (χ3n) is 3.23. The van der Waals surface area contributed by atoms with Crippen molar-refractivity contribution >= 4 is 17.5 Å². The van der Waals surface area contributed by atoms with Gasteiger partial charge in [0.2, 0.25) is 0 Å². The van der Waals surface area contributed by atoms with E-state index >= 15 is 0 Å². The Morgan fingerprint density at radius 1 is 1.47 bits per heavy atom. The number of ether oxygens (including phenoxy) is 1. The van der Waals surface area contributed by atoms with Crippen molar-refractivity contribution in [2.75, 3.05) is 19.7 Å². The molecule has 0 radical (unpaired) electrons. The zero-order valence-electron chi connectivity index (χ0n) is 10.9. The van der Waals surface area contributed by atoms with E-state index in [1.165, 1.54) is 0 Å². The third kappa shape index (κ3) is 3.61. The summed E-state index contributed by atoms with van der Waals surface area (Å²) in [6.07, 6.45) is 1.44. The maximum absolute atomic E-state index is 11.9. The summed E-state index contributed by atoms with van der Waals surface area (Å²) in [5.41, 5.74) is 0.599. The number of amides is 1. The average Bonchev–Trinajstić information content (AvgIpc) is 2.90. The minimum Gasteiger partial charge on any atom is -0.483 e. The monoisotopic (exact) mass is 283 g/mol. The zero-order chi connectivity index (χ0) is 13.8. The van der Waals surface area contributed by atoms with E-state index in [0.29, 0.717) is 16.3 Å². The predicted octanol–water partition coefficient (Wildman–Crippen LogP) is 2.39. The van der Waals surface area contributed by atoms with Gasteiger partial charge in [-0.25, -0.2) is 0 Å². The minimum atomic E-state index is -0.685. The van der Waals surface area contributed by atoms with Gasteiger partial charge in [-0.3, -0.25) is 4.79 Å². The van der Waals surface area contributed by atoms with E-state index in [-0.39, 0.29) is 12.5 Å². The average molecular weight is 284 g/mol. The van der Waals surface area contributed by atoms with Crippen LogP contribution in [0.2, 0.25) is 5.02 Å². The fraction of sp³-hybridized carbons (Fsp3) is 0.500. The van der Waals surface area contributed by atoms with Gasteiger partial charge in [-0.2, -0.15) is 0 Å². The molecule has 5 heteroatoms. The van der Waals surface area contributed by atoms with Gasteiger partial charge in [0.05, 0.1) is 6.10 Å². The summed E-state index contributed by atoms with van der Waals surface area (Å²) in [6, 6.07) is 5.02. The van der Waals surface area contributed by atoms with Gasteiger partial charge in [-0.15, -0.1) is 0 Å². The first-order chi connectivity index (χ1) is 9.08. The number of likely N-dealkylation sites (tertiary alicyclic amines) is 1. The Morgan fingerprint density at radius 2 is 2.16 bits per heavy atom. The molecule has 1 aliphatic rings. The molecule has 19 heavy (non-hydrogen) atoms. The topological polar surface area (TPSA) is 49.8 Å². The van der Waals surface area contributed by atoms with Gasteiger partial charge >= 0.3 is 0 Å². The zero-order valence-corrected chi connectivity index (χ0v) is 11.7. The maximum atomic E-state index is 11.9. The molecule has 1 aromatic rings. The molecule has 0 aromatic heterocycles. The number of rotatable bonds is 4. The Morgan fingerprint density at radius 3 is 2.79 bits per heavy atom. The number of carbonyl (C=O) groups is 1. The molecule has 0 spiro atoms. The lowest BCUT2D eigenvalue weighted by atomic mass is 10.1. The number of carbonyl (C=O) groups excluding carboxylic acids is 1. The number of aliphatic hydroxyl groups is 1. The Kier molecular flexibility index (Phi) is 4.66. The molecular formula is C14H18ClNO3. The van der Waals surface area contributed by atoms with Gasteiger partial charge in [0.15, 0.2) is 6.61 Å². The van der Waals surface area contributed by atoms with E-state index in [4.69, 9.17) is 16.3 Å².